The zero-order valence-electron chi connectivity index (χ0n) is 37.5. The van der Waals surface area contributed by atoms with Crippen molar-refractivity contribution in [3.63, 3.8) is 0 Å². The number of hydrogen-bond acceptors (Lipinski definition) is 8. The molecule has 10 nitrogen and oxygen atoms in total. The van der Waals surface area contributed by atoms with Crippen LogP contribution in [0.15, 0.2) is 0 Å². The number of nitrogens with zero attached hydrogens (tertiary/aromatic N) is 1. The molecule has 1 heterocycles. The third kappa shape index (κ3) is 35.4. The fraction of sp³-hybridized carbons (Fsp3) is 0.957. The normalized spacial score (nSPS) is 15.6. The average Bonchev–Trinajstić information content (AvgIpc) is 3.19. The number of phosphoric acid groups is 1. The van der Waals surface area contributed by atoms with Gasteiger partial charge in [0.05, 0.1) is 26.9 Å². The highest BCUT2D eigenvalue weighted by molar-refractivity contribution is 7.47. The Balaban J connectivity index is 2.30. The molecular formula is C46H91NO9P+. The number of ether oxygens (including phenoxy) is 3. The van der Waals surface area contributed by atoms with E-state index in [0.29, 0.717) is 37.1 Å². The van der Waals surface area contributed by atoms with Crippen LogP contribution in [-0.2, 0) is 37.4 Å². The summed E-state index contributed by atoms with van der Waals surface area (Å²) in [6, 6.07) is 0. The second-order valence-corrected chi connectivity index (χ2v) is 18.6. The number of carbonyl (C=O) groups excluding carboxylic acids is 2. The van der Waals surface area contributed by atoms with Gasteiger partial charge < -0.3 is 23.6 Å². The molecule has 57 heavy (non-hydrogen) atoms. The number of likely N-dealkylation sites (N-methyl/N-ethyl adjacent to an activating group) is 1. The van der Waals surface area contributed by atoms with Gasteiger partial charge >= 0.3 is 19.8 Å². The van der Waals surface area contributed by atoms with Crippen LogP contribution in [-0.4, -0.2) is 87.1 Å². The van der Waals surface area contributed by atoms with E-state index in [1.807, 2.05) is 0 Å². The van der Waals surface area contributed by atoms with E-state index in [1.54, 1.807) is 0 Å². The number of quaternary nitrogens is 1. The highest BCUT2D eigenvalue weighted by Crippen LogP contribution is 2.43. The maximum Gasteiger partial charge on any atom is 0.472 e. The van der Waals surface area contributed by atoms with Gasteiger partial charge in [0.25, 0.3) is 0 Å². The molecule has 0 aromatic rings. The van der Waals surface area contributed by atoms with E-state index < -0.39 is 26.5 Å². The molecule has 0 radical (unpaired) electrons. The number of esters is 2. The van der Waals surface area contributed by atoms with Gasteiger partial charge in [-0.1, -0.05) is 194 Å². The molecule has 2 unspecified atom stereocenters. The Bertz CT molecular complexity index is 978. The molecule has 0 spiro atoms. The smallest absolute Gasteiger partial charge is 0.462 e. The summed E-state index contributed by atoms with van der Waals surface area (Å²) in [6.45, 7) is 7.40. The number of phosphoric ester groups is 1. The van der Waals surface area contributed by atoms with Gasteiger partial charge in [0.2, 0.25) is 0 Å². The minimum Gasteiger partial charge on any atom is -0.462 e. The zero-order valence-corrected chi connectivity index (χ0v) is 38.4. The Morgan fingerprint density at radius 3 is 1.33 bits per heavy atom. The van der Waals surface area contributed by atoms with Crippen molar-refractivity contribution in [2.75, 3.05) is 59.7 Å². The Kier molecular flexibility index (Phi) is 35.9. The number of unbranched alkanes of at least 4 members (excludes halogenated alkanes) is 28. The van der Waals surface area contributed by atoms with Crippen LogP contribution in [0.4, 0.5) is 0 Å². The fourth-order valence-corrected chi connectivity index (χ4v) is 8.24. The van der Waals surface area contributed by atoms with Crippen LogP contribution >= 0.6 is 7.82 Å². The van der Waals surface area contributed by atoms with Crippen molar-refractivity contribution in [1.82, 2.24) is 0 Å². The molecule has 1 N–H and O–H groups in total. The average molecular weight is 833 g/mol. The molecule has 11 heteroatoms. The number of hydrogen-bond donors (Lipinski definition) is 1. The first-order valence-corrected chi connectivity index (χ1v) is 25.6. The molecule has 1 fully saturated rings. The van der Waals surface area contributed by atoms with Crippen molar-refractivity contribution in [3.05, 3.63) is 0 Å². The monoisotopic (exact) mass is 833 g/mol. The topological polar surface area (TPSA) is 118 Å². The van der Waals surface area contributed by atoms with E-state index in [9.17, 15) is 19.0 Å². The predicted molar refractivity (Wildman–Crippen MR) is 233 cm³/mol. The van der Waals surface area contributed by atoms with Gasteiger partial charge in [-0.05, 0) is 12.8 Å². The van der Waals surface area contributed by atoms with Crippen LogP contribution in [0.25, 0.3) is 0 Å². The minimum absolute atomic E-state index is 0.0438. The summed E-state index contributed by atoms with van der Waals surface area (Å²) >= 11 is 0. The highest BCUT2D eigenvalue weighted by atomic mass is 31.2. The second-order valence-electron chi connectivity index (χ2n) is 17.2. The van der Waals surface area contributed by atoms with Crippen molar-refractivity contribution in [3.8, 4) is 0 Å². The lowest BCUT2D eigenvalue weighted by Gasteiger charge is -2.37. The summed E-state index contributed by atoms with van der Waals surface area (Å²) in [7, 11) is -2.34. The molecule has 1 rings (SSSR count). The van der Waals surface area contributed by atoms with E-state index in [2.05, 4.69) is 20.9 Å². The van der Waals surface area contributed by atoms with Gasteiger partial charge in [0.15, 0.2) is 6.10 Å². The standard InChI is InChI=1S/C46H90NO9P/c1-4-6-8-10-12-14-16-18-20-22-24-26-28-30-32-34-45(48)53-42-44(43-55-57(50,51)54-41-38-47(3)36-39-52-40-37-47)56-46(49)35-33-31-29-27-25-23-21-19-17-15-13-11-9-7-5-2/h44H,4-43H2,1-3H3/p+1. The molecule has 0 amide bonds. The van der Waals surface area contributed by atoms with Crippen LogP contribution in [0.5, 0.6) is 0 Å². The lowest BCUT2D eigenvalue weighted by molar-refractivity contribution is -0.916. The first-order chi connectivity index (χ1) is 27.7. The van der Waals surface area contributed by atoms with E-state index in [4.69, 9.17) is 23.3 Å². The van der Waals surface area contributed by atoms with E-state index in [1.165, 1.54) is 154 Å². The lowest BCUT2D eigenvalue weighted by Crippen LogP contribution is -2.53. The Morgan fingerprint density at radius 2 is 0.930 bits per heavy atom. The number of morpholine rings is 1. The van der Waals surface area contributed by atoms with Crippen LogP contribution in [0.2, 0.25) is 0 Å². The Hall–Kier alpha value is -1.03. The number of rotatable bonds is 42. The van der Waals surface area contributed by atoms with Crippen molar-refractivity contribution in [2.45, 2.75) is 225 Å². The summed E-state index contributed by atoms with van der Waals surface area (Å²) in [5, 5.41) is 0. The molecule has 0 bridgehead atoms. The van der Waals surface area contributed by atoms with Gasteiger partial charge in [0, 0.05) is 12.8 Å². The Morgan fingerprint density at radius 1 is 0.561 bits per heavy atom. The number of carbonyl (C=O) groups is 2. The third-order valence-corrected chi connectivity index (χ3v) is 12.5. The maximum atomic E-state index is 12.8. The molecule has 0 aromatic heterocycles. The van der Waals surface area contributed by atoms with Gasteiger partial charge in [-0.3, -0.25) is 18.6 Å². The third-order valence-electron chi connectivity index (χ3n) is 11.6. The maximum absolute atomic E-state index is 12.8. The van der Waals surface area contributed by atoms with Crippen molar-refractivity contribution >= 4 is 19.8 Å². The Labute approximate surface area is 350 Å². The van der Waals surface area contributed by atoms with Crippen LogP contribution < -0.4 is 0 Å². The van der Waals surface area contributed by atoms with Gasteiger partial charge in [-0.15, -0.1) is 0 Å². The van der Waals surface area contributed by atoms with Crippen LogP contribution in [0, 0.1) is 0 Å². The minimum atomic E-state index is -4.41. The van der Waals surface area contributed by atoms with Crippen molar-refractivity contribution < 1.29 is 46.8 Å². The molecule has 1 saturated heterocycles. The van der Waals surface area contributed by atoms with E-state index >= 15 is 0 Å². The van der Waals surface area contributed by atoms with Crippen molar-refractivity contribution in [1.29, 1.82) is 0 Å². The molecule has 2 atom stereocenters. The lowest BCUT2D eigenvalue weighted by atomic mass is 10.0. The molecule has 0 aliphatic carbocycles. The molecule has 0 aromatic carbocycles. The van der Waals surface area contributed by atoms with Gasteiger partial charge in [-0.25, -0.2) is 4.57 Å². The van der Waals surface area contributed by atoms with Crippen LogP contribution in [0.3, 0.4) is 0 Å². The quantitative estimate of drug-likeness (QED) is 0.0278. The first kappa shape index (κ1) is 54.0. The van der Waals surface area contributed by atoms with E-state index in [-0.39, 0.29) is 25.6 Å². The van der Waals surface area contributed by atoms with E-state index in [0.717, 1.165) is 45.2 Å². The van der Waals surface area contributed by atoms with Gasteiger partial charge in [-0.2, -0.15) is 0 Å². The summed E-state index contributed by atoms with van der Waals surface area (Å²) in [5.74, 6) is -0.783. The summed E-state index contributed by atoms with van der Waals surface area (Å²) < 4.78 is 40.4. The highest BCUT2D eigenvalue weighted by Gasteiger charge is 2.29. The summed E-state index contributed by atoms with van der Waals surface area (Å²) in [6.07, 6.45) is 37.0. The first-order valence-electron chi connectivity index (χ1n) is 24.1. The molecule has 1 aliphatic heterocycles. The second kappa shape index (κ2) is 37.9. The zero-order chi connectivity index (χ0) is 41.6. The predicted octanol–water partition coefficient (Wildman–Crippen LogP) is 12.6. The molecule has 0 saturated carbocycles. The summed E-state index contributed by atoms with van der Waals surface area (Å²) in [5.41, 5.74) is 0. The molecule has 338 valence electrons. The largest absolute Gasteiger partial charge is 0.472 e. The SMILES string of the molecule is CCCCCCCCCCCCCCCCCC(=O)OCC(COP(=O)(O)OCC[N+]1(C)CCOCC1)OC(=O)CCCCCCCCCCCCCCCCC. The summed E-state index contributed by atoms with van der Waals surface area (Å²) in [4.78, 5) is 35.7. The van der Waals surface area contributed by atoms with Crippen LogP contribution in [0.1, 0.15) is 219 Å². The van der Waals surface area contributed by atoms with Crippen molar-refractivity contribution in [2.24, 2.45) is 0 Å². The fourth-order valence-electron chi connectivity index (χ4n) is 7.50. The van der Waals surface area contributed by atoms with Gasteiger partial charge in [0.1, 0.15) is 32.8 Å². The molecular weight excluding hydrogens is 741 g/mol. The molecule has 1 aliphatic rings.